The molecule has 26 heavy (non-hydrogen) atoms. The third-order valence-electron chi connectivity index (χ3n) is 6.62. The lowest BCUT2D eigenvalue weighted by atomic mass is 9.81. The average Bonchev–Trinajstić information content (AvgIpc) is 2.70. The highest BCUT2D eigenvalue weighted by molar-refractivity contribution is 5.27. The molecule has 0 atom stereocenters. The molecular formula is C23H38N2O. The number of hydrogen-bond donors (Lipinski definition) is 1. The molecule has 3 heteroatoms. The first-order valence-corrected chi connectivity index (χ1v) is 10.8. The minimum absolute atomic E-state index is 0.777. The molecule has 1 aromatic carbocycles. The van der Waals surface area contributed by atoms with E-state index in [-0.39, 0.29) is 0 Å². The fraction of sp³-hybridized carbons (Fsp3) is 0.739. The van der Waals surface area contributed by atoms with Crippen molar-refractivity contribution >= 4 is 0 Å². The Morgan fingerprint density at radius 1 is 0.846 bits per heavy atom. The van der Waals surface area contributed by atoms with E-state index in [4.69, 9.17) is 10.5 Å². The van der Waals surface area contributed by atoms with E-state index in [2.05, 4.69) is 29.2 Å². The van der Waals surface area contributed by atoms with Crippen LogP contribution in [0.25, 0.3) is 0 Å². The molecule has 0 saturated heterocycles. The van der Waals surface area contributed by atoms with Gasteiger partial charge in [0.15, 0.2) is 0 Å². The lowest BCUT2D eigenvalue weighted by Gasteiger charge is -2.35. The van der Waals surface area contributed by atoms with Crippen LogP contribution in [0.15, 0.2) is 24.3 Å². The first kappa shape index (κ1) is 19.7. The van der Waals surface area contributed by atoms with Crippen LogP contribution >= 0.6 is 0 Å². The van der Waals surface area contributed by atoms with Crippen molar-refractivity contribution in [3.8, 4) is 5.75 Å². The predicted molar refractivity (Wildman–Crippen MR) is 109 cm³/mol. The molecule has 2 fully saturated rings. The number of nitrogens with two attached hydrogens (primary N) is 1. The van der Waals surface area contributed by atoms with Crippen LogP contribution in [0.4, 0.5) is 0 Å². The number of nitrogens with zero attached hydrogens (tertiary/aromatic N) is 1. The van der Waals surface area contributed by atoms with E-state index in [9.17, 15) is 0 Å². The van der Waals surface area contributed by atoms with E-state index in [0.29, 0.717) is 0 Å². The van der Waals surface area contributed by atoms with E-state index in [1.54, 1.807) is 7.11 Å². The van der Waals surface area contributed by atoms with Crippen molar-refractivity contribution in [3.05, 3.63) is 29.8 Å². The van der Waals surface area contributed by atoms with Gasteiger partial charge in [0.25, 0.3) is 0 Å². The summed E-state index contributed by atoms with van der Waals surface area (Å²) in [4.78, 5) is 2.76. The summed E-state index contributed by atoms with van der Waals surface area (Å²) < 4.78 is 5.31. The Kier molecular flexibility index (Phi) is 7.82. The molecule has 1 aromatic rings. The average molecular weight is 359 g/mol. The summed E-state index contributed by atoms with van der Waals surface area (Å²) >= 11 is 0. The molecule has 146 valence electrons. The molecule has 0 spiro atoms. The second-order valence-corrected chi connectivity index (χ2v) is 8.67. The molecule has 3 nitrogen and oxygen atoms in total. The number of rotatable bonds is 8. The van der Waals surface area contributed by atoms with Crippen molar-refractivity contribution in [1.29, 1.82) is 0 Å². The third kappa shape index (κ3) is 5.99. The van der Waals surface area contributed by atoms with E-state index in [1.807, 2.05) is 0 Å². The fourth-order valence-corrected chi connectivity index (χ4v) is 4.94. The molecule has 0 aromatic heterocycles. The summed E-state index contributed by atoms with van der Waals surface area (Å²) in [6.07, 6.45) is 12.6. The van der Waals surface area contributed by atoms with Crippen molar-refractivity contribution in [2.45, 2.75) is 64.3 Å². The number of benzene rings is 1. The lowest BCUT2D eigenvalue weighted by molar-refractivity contribution is 0.143. The zero-order valence-electron chi connectivity index (χ0n) is 16.7. The van der Waals surface area contributed by atoms with Crippen LogP contribution in [0.5, 0.6) is 5.75 Å². The maximum absolute atomic E-state index is 5.88. The summed E-state index contributed by atoms with van der Waals surface area (Å²) in [5, 5.41) is 0. The number of ether oxygens (including phenoxy) is 1. The van der Waals surface area contributed by atoms with Crippen molar-refractivity contribution in [2.24, 2.45) is 23.5 Å². The van der Waals surface area contributed by atoms with Gasteiger partial charge in [-0.25, -0.2) is 0 Å². The fourth-order valence-electron chi connectivity index (χ4n) is 4.94. The van der Waals surface area contributed by atoms with Gasteiger partial charge in [0, 0.05) is 19.6 Å². The van der Waals surface area contributed by atoms with Gasteiger partial charge in [-0.15, -0.1) is 0 Å². The van der Waals surface area contributed by atoms with Gasteiger partial charge in [-0.05, 0) is 80.5 Å². The minimum atomic E-state index is 0.777. The summed E-state index contributed by atoms with van der Waals surface area (Å²) in [5.41, 5.74) is 7.29. The van der Waals surface area contributed by atoms with E-state index in [1.165, 1.54) is 76.4 Å². The highest BCUT2D eigenvalue weighted by Crippen LogP contribution is 2.31. The molecular weight excluding hydrogens is 320 g/mol. The Morgan fingerprint density at radius 2 is 1.42 bits per heavy atom. The molecule has 2 saturated carbocycles. The van der Waals surface area contributed by atoms with E-state index >= 15 is 0 Å². The zero-order valence-corrected chi connectivity index (χ0v) is 16.7. The summed E-state index contributed by atoms with van der Waals surface area (Å²) in [6, 6.07) is 8.66. The van der Waals surface area contributed by atoms with Gasteiger partial charge in [-0.2, -0.15) is 0 Å². The van der Waals surface area contributed by atoms with E-state index in [0.717, 1.165) is 36.6 Å². The van der Waals surface area contributed by atoms with Gasteiger partial charge >= 0.3 is 0 Å². The third-order valence-corrected chi connectivity index (χ3v) is 6.62. The summed E-state index contributed by atoms with van der Waals surface area (Å²) in [5.74, 6) is 3.49. The first-order valence-electron chi connectivity index (χ1n) is 10.8. The maximum atomic E-state index is 5.88. The van der Waals surface area contributed by atoms with Crippen molar-refractivity contribution in [2.75, 3.05) is 26.7 Å². The van der Waals surface area contributed by atoms with Crippen molar-refractivity contribution < 1.29 is 4.74 Å². The normalized spacial score (nSPS) is 24.7. The molecule has 0 amide bonds. The largest absolute Gasteiger partial charge is 0.497 e. The first-order chi connectivity index (χ1) is 12.8. The van der Waals surface area contributed by atoms with Gasteiger partial charge in [0.1, 0.15) is 5.75 Å². The molecule has 2 N–H and O–H groups in total. The molecule has 3 rings (SSSR count). The second kappa shape index (κ2) is 10.3. The van der Waals surface area contributed by atoms with Crippen LogP contribution in [0.2, 0.25) is 0 Å². The standard InChI is InChI=1S/C23H38N2O/c1-26-23-13-11-22(12-14-23)18-25(16-20-5-3-2-4-6-20)17-21-9-7-19(15-24)8-10-21/h11-14,19-21H,2-10,15-18,24H2,1H3. The van der Waals surface area contributed by atoms with Gasteiger partial charge < -0.3 is 10.5 Å². The van der Waals surface area contributed by atoms with Gasteiger partial charge in [-0.1, -0.05) is 31.4 Å². The Morgan fingerprint density at radius 3 is 2.00 bits per heavy atom. The quantitative estimate of drug-likeness (QED) is 0.722. The Labute approximate surface area is 160 Å². The molecule has 2 aliphatic carbocycles. The zero-order chi connectivity index (χ0) is 18.2. The maximum Gasteiger partial charge on any atom is 0.118 e. The highest BCUT2D eigenvalue weighted by Gasteiger charge is 2.24. The van der Waals surface area contributed by atoms with Gasteiger partial charge in [-0.3, -0.25) is 4.90 Å². The van der Waals surface area contributed by atoms with Crippen LogP contribution in [-0.2, 0) is 6.54 Å². The SMILES string of the molecule is COc1ccc(CN(CC2CCCCC2)CC2CCC(CN)CC2)cc1. The van der Waals surface area contributed by atoms with Crippen LogP contribution in [0.3, 0.4) is 0 Å². The Balaban J connectivity index is 1.58. The van der Waals surface area contributed by atoms with Crippen molar-refractivity contribution in [1.82, 2.24) is 4.90 Å². The number of hydrogen-bond acceptors (Lipinski definition) is 3. The highest BCUT2D eigenvalue weighted by atomic mass is 16.5. The van der Waals surface area contributed by atoms with Crippen LogP contribution < -0.4 is 10.5 Å². The van der Waals surface area contributed by atoms with Crippen LogP contribution in [-0.4, -0.2) is 31.6 Å². The molecule has 0 heterocycles. The topological polar surface area (TPSA) is 38.5 Å². The minimum Gasteiger partial charge on any atom is -0.497 e. The van der Waals surface area contributed by atoms with E-state index < -0.39 is 0 Å². The summed E-state index contributed by atoms with van der Waals surface area (Å²) in [6.45, 7) is 4.50. The molecule has 0 bridgehead atoms. The van der Waals surface area contributed by atoms with Crippen LogP contribution in [0, 0.1) is 17.8 Å². The van der Waals surface area contributed by atoms with Crippen LogP contribution in [0.1, 0.15) is 63.4 Å². The smallest absolute Gasteiger partial charge is 0.118 e. The predicted octanol–water partition coefficient (Wildman–Crippen LogP) is 4.84. The number of methoxy groups -OCH3 is 1. The Hall–Kier alpha value is -1.06. The molecule has 0 radical (unpaired) electrons. The summed E-state index contributed by atoms with van der Waals surface area (Å²) in [7, 11) is 1.74. The van der Waals surface area contributed by atoms with Gasteiger partial charge in [0.05, 0.1) is 7.11 Å². The monoisotopic (exact) mass is 358 g/mol. The lowest BCUT2D eigenvalue weighted by Crippen LogP contribution is -2.36. The molecule has 0 aliphatic heterocycles. The Bertz CT molecular complexity index is 501. The molecule has 2 aliphatic rings. The van der Waals surface area contributed by atoms with Crippen molar-refractivity contribution in [3.63, 3.8) is 0 Å². The second-order valence-electron chi connectivity index (χ2n) is 8.67. The van der Waals surface area contributed by atoms with Gasteiger partial charge in [0.2, 0.25) is 0 Å². The molecule has 0 unspecified atom stereocenters.